The number of benzene rings is 1. The number of hydrogen-bond donors (Lipinski definition) is 2. The van der Waals surface area contributed by atoms with Crippen LogP contribution < -0.4 is 5.84 Å². The Hall–Kier alpha value is -2.92. The van der Waals surface area contributed by atoms with Gasteiger partial charge in [0.2, 0.25) is 5.91 Å². The average molecular weight is 478 g/mol. The number of aldehydes is 1. The van der Waals surface area contributed by atoms with Crippen molar-refractivity contribution in [2.24, 2.45) is 10.8 Å². The SMILES string of the molecule is C[C@@H](C=O)N(N)C(=O)[C@H](CCCN(C(=O)O)C(C)(C)C)N1C(=O)CS/C1=N\c1ccccc1. The van der Waals surface area contributed by atoms with E-state index in [0.717, 1.165) is 5.01 Å². The van der Waals surface area contributed by atoms with Crippen molar-refractivity contribution in [3.8, 4) is 0 Å². The Bertz CT molecular complexity index is 902. The minimum absolute atomic E-state index is 0.118. The first-order valence-electron chi connectivity index (χ1n) is 10.6. The topological polar surface area (TPSA) is 137 Å². The van der Waals surface area contributed by atoms with Gasteiger partial charge in [-0.1, -0.05) is 30.0 Å². The number of carboxylic acid groups (broad SMARTS) is 1. The Labute approximate surface area is 197 Å². The molecule has 0 aliphatic carbocycles. The molecule has 1 aliphatic heterocycles. The van der Waals surface area contributed by atoms with Gasteiger partial charge in [0.05, 0.1) is 11.4 Å². The Morgan fingerprint density at radius 2 is 1.94 bits per heavy atom. The molecule has 1 aliphatic rings. The highest BCUT2D eigenvalue weighted by Crippen LogP contribution is 2.28. The van der Waals surface area contributed by atoms with Crippen molar-refractivity contribution >= 4 is 46.8 Å². The van der Waals surface area contributed by atoms with Crippen LogP contribution in [-0.4, -0.2) is 79.2 Å². The van der Waals surface area contributed by atoms with E-state index in [1.54, 1.807) is 32.9 Å². The molecule has 3 amide bonds. The molecule has 0 aromatic heterocycles. The molecular weight excluding hydrogens is 446 g/mol. The van der Waals surface area contributed by atoms with E-state index in [1.165, 1.54) is 28.5 Å². The van der Waals surface area contributed by atoms with Crippen LogP contribution in [0.2, 0.25) is 0 Å². The van der Waals surface area contributed by atoms with E-state index < -0.39 is 29.6 Å². The Kier molecular flexibility index (Phi) is 9.00. The number of rotatable bonds is 9. The minimum atomic E-state index is -1.07. The summed E-state index contributed by atoms with van der Waals surface area (Å²) in [5.41, 5.74) is -0.00202. The van der Waals surface area contributed by atoms with Crippen molar-refractivity contribution in [2.75, 3.05) is 12.3 Å². The second-order valence-electron chi connectivity index (χ2n) is 8.67. The van der Waals surface area contributed by atoms with Gasteiger partial charge in [-0.15, -0.1) is 0 Å². The number of nitrogens with zero attached hydrogens (tertiary/aromatic N) is 4. The predicted molar refractivity (Wildman–Crippen MR) is 127 cm³/mol. The third kappa shape index (κ3) is 6.78. The number of aliphatic imine (C=N–C) groups is 1. The van der Waals surface area contributed by atoms with Gasteiger partial charge in [-0.05, 0) is 52.7 Å². The highest BCUT2D eigenvalue weighted by Gasteiger charge is 2.40. The maximum atomic E-state index is 13.2. The van der Waals surface area contributed by atoms with E-state index >= 15 is 0 Å². The van der Waals surface area contributed by atoms with Crippen LogP contribution in [-0.2, 0) is 14.4 Å². The molecule has 11 heteroatoms. The molecule has 2 atom stereocenters. The molecule has 180 valence electrons. The maximum absolute atomic E-state index is 13.2. The number of thioether (sulfide) groups is 1. The monoisotopic (exact) mass is 477 g/mol. The molecule has 10 nitrogen and oxygen atoms in total. The van der Waals surface area contributed by atoms with Crippen LogP contribution in [0, 0.1) is 0 Å². The number of hydrazine groups is 1. The van der Waals surface area contributed by atoms with Crippen LogP contribution in [0.4, 0.5) is 10.5 Å². The second-order valence-corrected chi connectivity index (χ2v) is 9.61. The third-order valence-corrected chi connectivity index (χ3v) is 6.10. The highest BCUT2D eigenvalue weighted by atomic mass is 32.2. The van der Waals surface area contributed by atoms with E-state index in [4.69, 9.17) is 5.84 Å². The van der Waals surface area contributed by atoms with Crippen LogP contribution in [0.5, 0.6) is 0 Å². The number of carbonyl (C=O) groups is 4. The summed E-state index contributed by atoms with van der Waals surface area (Å²) in [7, 11) is 0. The molecule has 2 rings (SSSR count). The minimum Gasteiger partial charge on any atom is -0.465 e. The van der Waals surface area contributed by atoms with Crippen LogP contribution >= 0.6 is 11.8 Å². The number of carbonyl (C=O) groups excluding carboxylic acids is 3. The molecule has 1 saturated heterocycles. The van der Waals surface area contributed by atoms with E-state index in [0.29, 0.717) is 23.6 Å². The van der Waals surface area contributed by atoms with Gasteiger partial charge in [-0.3, -0.25) is 19.5 Å². The summed E-state index contributed by atoms with van der Waals surface area (Å²) in [4.78, 5) is 56.0. The third-order valence-electron chi connectivity index (χ3n) is 5.17. The van der Waals surface area contributed by atoms with E-state index in [1.807, 2.05) is 18.2 Å². The molecule has 0 radical (unpaired) electrons. The zero-order chi connectivity index (χ0) is 24.8. The maximum Gasteiger partial charge on any atom is 0.407 e. The summed E-state index contributed by atoms with van der Waals surface area (Å²) in [6.07, 6.45) is -0.0752. The summed E-state index contributed by atoms with van der Waals surface area (Å²) in [5, 5.41) is 10.7. The summed E-state index contributed by atoms with van der Waals surface area (Å²) < 4.78 is 0. The van der Waals surface area contributed by atoms with Gasteiger partial charge in [0.25, 0.3) is 5.91 Å². The number of nitrogens with two attached hydrogens (primary N) is 1. The van der Waals surface area contributed by atoms with Crippen LogP contribution in [0.25, 0.3) is 0 Å². The fraction of sp³-hybridized carbons (Fsp3) is 0.500. The van der Waals surface area contributed by atoms with E-state index in [2.05, 4.69) is 4.99 Å². The molecule has 33 heavy (non-hydrogen) atoms. The fourth-order valence-corrected chi connectivity index (χ4v) is 4.27. The van der Waals surface area contributed by atoms with Crippen molar-refractivity contribution in [2.45, 2.75) is 58.2 Å². The lowest BCUT2D eigenvalue weighted by atomic mass is 10.0. The molecule has 0 unspecified atom stereocenters. The van der Waals surface area contributed by atoms with Crippen LogP contribution in [0.15, 0.2) is 35.3 Å². The lowest BCUT2D eigenvalue weighted by molar-refractivity contribution is -0.144. The number of para-hydroxylation sites is 1. The molecule has 1 aromatic carbocycles. The Balaban J connectivity index is 2.34. The molecular formula is C22H31N5O5S. The first-order valence-corrected chi connectivity index (χ1v) is 11.6. The lowest BCUT2D eigenvalue weighted by Crippen LogP contribution is -2.56. The van der Waals surface area contributed by atoms with Crippen LogP contribution in [0.1, 0.15) is 40.5 Å². The van der Waals surface area contributed by atoms with Crippen molar-refractivity contribution < 1.29 is 24.3 Å². The summed E-state index contributed by atoms with van der Waals surface area (Å²) in [5.74, 6) is 5.11. The zero-order valence-corrected chi connectivity index (χ0v) is 20.1. The summed E-state index contributed by atoms with van der Waals surface area (Å²) >= 11 is 1.21. The standard InChI is InChI=1S/C22H31N5O5S/c1-15(13-28)27(23)19(30)17(11-8-12-25(21(31)32)22(2,3)4)26-18(29)14-33-20(26)24-16-9-6-5-7-10-16/h5-7,9-10,13,15,17H,8,11-12,14,23H2,1-4H3,(H,31,32)/b24-20-/t15-,17-/m0/s1. The van der Waals surface area contributed by atoms with Gasteiger partial charge in [0.1, 0.15) is 18.4 Å². The molecule has 0 bridgehead atoms. The van der Waals surface area contributed by atoms with Gasteiger partial charge in [0, 0.05) is 12.1 Å². The number of amides is 3. The molecule has 1 heterocycles. The smallest absolute Gasteiger partial charge is 0.407 e. The van der Waals surface area contributed by atoms with Crippen molar-refractivity contribution in [3.63, 3.8) is 0 Å². The molecule has 0 saturated carbocycles. The summed E-state index contributed by atoms with van der Waals surface area (Å²) in [6.45, 7) is 6.98. The first-order chi connectivity index (χ1) is 15.5. The lowest BCUT2D eigenvalue weighted by Gasteiger charge is -2.35. The van der Waals surface area contributed by atoms with Gasteiger partial charge in [-0.25, -0.2) is 15.6 Å². The van der Waals surface area contributed by atoms with Gasteiger partial charge >= 0.3 is 6.09 Å². The summed E-state index contributed by atoms with van der Waals surface area (Å²) in [6, 6.07) is 7.13. The Morgan fingerprint density at radius 1 is 1.30 bits per heavy atom. The predicted octanol–water partition coefficient (Wildman–Crippen LogP) is 2.47. The average Bonchev–Trinajstić information content (AvgIpc) is 3.11. The molecule has 1 aromatic rings. The quantitative estimate of drug-likeness (QED) is 0.241. The fourth-order valence-electron chi connectivity index (χ4n) is 3.34. The molecule has 0 spiro atoms. The van der Waals surface area contributed by atoms with E-state index in [-0.39, 0.29) is 24.6 Å². The van der Waals surface area contributed by atoms with E-state index in [9.17, 15) is 24.3 Å². The molecule has 1 fully saturated rings. The Morgan fingerprint density at radius 3 is 2.48 bits per heavy atom. The second kappa shape index (κ2) is 11.3. The van der Waals surface area contributed by atoms with Crippen LogP contribution in [0.3, 0.4) is 0 Å². The van der Waals surface area contributed by atoms with Gasteiger partial charge < -0.3 is 14.8 Å². The van der Waals surface area contributed by atoms with Crippen molar-refractivity contribution in [1.29, 1.82) is 0 Å². The zero-order valence-electron chi connectivity index (χ0n) is 19.3. The first kappa shape index (κ1) is 26.3. The van der Waals surface area contributed by atoms with Crippen molar-refractivity contribution in [3.05, 3.63) is 30.3 Å². The number of amidine groups is 1. The van der Waals surface area contributed by atoms with Gasteiger partial charge in [-0.2, -0.15) is 0 Å². The number of hydrogen-bond acceptors (Lipinski definition) is 7. The molecule has 3 N–H and O–H groups in total. The van der Waals surface area contributed by atoms with Gasteiger partial charge in [0.15, 0.2) is 5.17 Å². The highest BCUT2D eigenvalue weighted by molar-refractivity contribution is 8.15. The van der Waals surface area contributed by atoms with Crippen molar-refractivity contribution in [1.82, 2.24) is 14.8 Å². The normalized spacial score (nSPS) is 17.1. The largest absolute Gasteiger partial charge is 0.465 e.